The molecular weight excluding hydrogens is 164 g/mol. The van der Waals surface area contributed by atoms with Crippen molar-refractivity contribution in [1.82, 2.24) is 15.0 Å². The first-order valence-electron chi connectivity index (χ1n) is 3.98. The number of nitrogens with two attached hydrogens (primary N) is 1. The quantitative estimate of drug-likeness (QED) is 0.686. The predicted octanol–water partition coefficient (Wildman–Crippen LogP) is 1.36. The second-order valence-electron chi connectivity index (χ2n) is 2.93. The Labute approximate surface area is 75.8 Å². The zero-order chi connectivity index (χ0) is 9.26. The van der Waals surface area contributed by atoms with E-state index in [-0.39, 0.29) is 0 Å². The molecule has 3 N–H and O–H groups in total. The number of nitrogens with one attached hydrogen (secondary N) is 1. The monoisotopic (exact) mass is 174 g/mol. The molecule has 0 radical (unpaired) electrons. The average Bonchev–Trinajstić information content (AvgIpc) is 2.52. The van der Waals surface area contributed by atoms with Crippen molar-refractivity contribution in [3.63, 3.8) is 0 Å². The molecule has 0 aromatic carbocycles. The normalized spacial score (nSPS) is 10.2. The Kier molecular flexibility index (Phi) is 1.73. The van der Waals surface area contributed by atoms with E-state index < -0.39 is 0 Å². The Morgan fingerprint density at radius 3 is 2.77 bits per heavy atom. The smallest absolute Gasteiger partial charge is 0.197 e. The predicted molar refractivity (Wildman–Crippen MR) is 51.0 cm³/mol. The van der Waals surface area contributed by atoms with Crippen LogP contribution in [0.3, 0.4) is 0 Å². The lowest BCUT2D eigenvalue weighted by molar-refractivity contribution is 1.26. The number of aromatic nitrogens is 3. The maximum absolute atomic E-state index is 5.47. The summed E-state index contributed by atoms with van der Waals surface area (Å²) in [6, 6.07) is 2.03. The minimum Gasteiger partial charge on any atom is -0.369 e. The Hall–Kier alpha value is -1.84. The largest absolute Gasteiger partial charge is 0.369 e. The van der Waals surface area contributed by atoms with E-state index in [2.05, 4.69) is 15.0 Å². The third-order valence-corrected chi connectivity index (χ3v) is 1.78. The molecule has 0 amide bonds. The zero-order valence-electron chi connectivity index (χ0n) is 7.28. The lowest BCUT2D eigenvalue weighted by atomic mass is 10.2. The van der Waals surface area contributed by atoms with Crippen LogP contribution >= 0.6 is 0 Å². The standard InChI is InChI=1S/C9H10N4/c1-6-2-7(4-11-3-6)8-5-12-9(10)13-8/h2-5H,1H3,(H3,10,12,13). The molecule has 0 spiro atoms. The fourth-order valence-corrected chi connectivity index (χ4v) is 1.19. The van der Waals surface area contributed by atoms with E-state index >= 15 is 0 Å². The molecule has 0 aliphatic carbocycles. The molecule has 13 heavy (non-hydrogen) atoms. The number of imidazole rings is 1. The molecule has 0 saturated carbocycles. The fraction of sp³-hybridized carbons (Fsp3) is 0.111. The van der Waals surface area contributed by atoms with Crippen LogP contribution in [0.1, 0.15) is 5.56 Å². The molecule has 0 aliphatic heterocycles. The molecule has 0 saturated heterocycles. The maximum Gasteiger partial charge on any atom is 0.197 e. The maximum atomic E-state index is 5.47. The number of nitrogens with zero attached hydrogens (tertiary/aromatic N) is 2. The minimum absolute atomic E-state index is 0.427. The summed E-state index contributed by atoms with van der Waals surface area (Å²) in [6.45, 7) is 2.00. The number of aromatic amines is 1. The van der Waals surface area contributed by atoms with Crippen LogP contribution in [-0.4, -0.2) is 15.0 Å². The number of anilines is 1. The summed E-state index contributed by atoms with van der Waals surface area (Å²) >= 11 is 0. The van der Waals surface area contributed by atoms with Gasteiger partial charge in [-0.25, -0.2) is 4.98 Å². The Bertz CT molecular complexity index is 419. The van der Waals surface area contributed by atoms with Crippen molar-refractivity contribution in [2.24, 2.45) is 0 Å². The van der Waals surface area contributed by atoms with Gasteiger partial charge in [0.1, 0.15) is 0 Å². The van der Waals surface area contributed by atoms with Crippen molar-refractivity contribution in [2.45, 2.75) is 6.92 Å². The van der Waals surface area contributed by atoms with Gasteiger partial charge in [0.25, 0.3) is 0 Å². The van der Waals surface area contributed by atoms with Gasteiger partial charge in [-0.2, -0.15) is 0 Å². The van der Waals surface area contributed by atoms with E-state index in [1.54, 1.807) is 12.4 Å². The molecule has 4 heteroatoms. The van der Waals surface area contributed by atoms with E-state index in [9.17, 15) is 0 Å². The molecule has 2 rings (SSSR count). The average molecular weight is 174 g/mol. The minimum atomic E-state index is 0.427. The highest BCUT2D eigenvalue weighted by Gasteiger charge is 2.00. The SMILES string of the molecule is Cc1cncc(-c2cnc(N)[nH]2)c1. The molecule has 2 aromatic heterocycles. The van der Waals surface area contributed by atoms with Gasteiger partial charge in [-0.3, -0.25) is 4.98 Å². The summed E-state index contributed by atoms with van der Waals surface area (Å²) in [4.78, 5) is 10.9. The van der Waals surface area contributed by atoms with Crippen LogP contribution in [0.4, 0.5) is 5.95 Å². The molecular formula is C9H10N4. The summed E-state index contributed by atoms with van der Waals surface area (Å²) in [5, 5.41) is 0. The highest BCUT2D eigenvalue weighted by atomic mass is 15.0. The van der Waals surface area contributed by atoms with Crippen LogP contribution in [0.2, 0.25) is 0 Å². The van der Waals surface area contributed by atoms with Crippen LogP contribution in [0.5, 0.6) is 0 Å². The van der Waals surface area contributed by atoms with Gasteiger partial charge in [0.2, 0.25) is 0 Å². The van der Waals surface area contributed by atoms with Crippen molar-refractivity contribution in [3.05, 3.63) is 30.2 Å². The van der Waals surface area contributed by atoms with Crippen molar-refractivity contribution in [2.75, 3.05) is 5.73 Å². The summed E-state index contributed by atoms with van der Waals surface area (Å²) < 4.78 is 0. The first kappa shape index (κ1) is 7.79. The molecule has 66 valence electrons. The molecule has 0 bridgehead atoms. The van der Waals surface area contributed by atoms with Gasteiger partial charge < -0.3 is 10.7 Å². The van der Waals surface area contributed by atoms with Crippen LogP contribution in [0, 0.1) is 6.92 Å². The van der Waals surface area contributed by atoms with Crippen LogP contribution in [0.25, 0.3) is 11.3 Å². The van der Waals surface area contributed by atoms with Crippen molar-refractivity contribution < 1.29 is 0 Å². The van der Waals surface area contributed by atoms with Gasteiger partial charge in [0.15, 0.2) is 5.95 Å². The second-order valence-corrected chi connectivity index (χ2v) is 2.93. The number of hydrogen-bond donors (Lipinski definition) is 2. The Morgan fingerprint density at radius 2 is 2.15 bits per heavy atom. The lowest BCUT2D eigenvalue weighted by Gasteiger charge is -1.97. The van der Waals surface area contributed by atoms with Crippen LogP contribution in [0.15, 0.2) is 24.7 Å². The molecule has 2 aromatic rings. The van der Waals surface area contributed by atoms with E-state index in [0.29, 0.717) is 5.95 Å². The molecule has 0 aliphatic rings. The van der Waals surface area contributed by atoms with Crippen molar-refractivity contribution in [3.8, 4) is 11.3 Å². The molecule has 0 unspecified atom stereocenters. The van der Waals surface area contributed by atoms with E-state index in [1.807, 2.05) is 19.2 Å². The Balaban J connectivity index is 2.46. The van der Waals surface area contributed by atoms with Gasteiger partial charge in [0, 0.05) is 18.0 Å². The number of hydrogen-bond acceptors (Lipinski definition) is 3. The van der Waals surface area contributed by atoms with E-state index in [4.69, 9.17) is 5.73 Å². The first-order chi connectivity index (χ1) is 6.25. The van der Waals surface area contributed by atoms with Gasteiger partial charge >= 0.3 is 0 Å². The third-order valence-electron chi connectivity index (χ3n) is 1.78. The zero-order valence-corrected chi connectivity index (χ0v) is 7.28. The van der Waals surface area contributed by atoms with Crippen molar-refractivity contribution >= 4 is 5.95 Å². The summed E-state index contributed by atoms with van der Waals surface area (Å²) in [6.07, 6.45) is 5.29. The fourth-order valence-electron chi connectivity index (χ4n) is 1.19. The van der Waals surface area contributed by atoms with E-state index in [1.165, 1.54) is 0 Å². The summed E-state index contributed by atoms with van der Waals surface area (Å²) in [7, 11) is 0. The van der Waals surface area contributed by atoms with Gasteiger partial charge in [0.05, 0.1) is 11.9 Å². The molecule has 0 atom stereocenters. The number of rotatable bonds is 1. The van der Waals surface area contributed by atoms with E-state index in [0.717, 1.165) is 16.8 Å². The number of H-pyrrole nitrogens is 1. The van der Waals surface area contributed by atoms with Crippen LogP contribution < -0.4 is 5.73 Å². The molecule has 2 heterocycles. The third kappa shape index (κ3) is 1.51. The number of pyridine rings is 1. The highest BCUT2D eigenvalue weighted by molar-refractivity contribution is 5.59. The second kappa shape index (κ2) is 2.90. The van der Waals surface area contributed by atoms with Gasteiger partial charge in [-0.05, 0) is 18.6 Å². The highest BCUT2D eigenvalue weighted by Crippen LogP contribution is 2.16. The van der Waals surface area contributed by atoms with Crippen molar-refractivity contribution in [1.29, 1.82) is 0 Å². The number of nitrogen functional groups attached to an aromatic ring is 1. The van der Waals surface area contributed by atoms with Gasteiger partial charge in [-0.1, -0.05) is 0 Å². The van der Waals surface area contributed by atoms with Crippen LogP contribution in [-0.2, 0) is 0 Å². The number of aryl methyl sites for hydroxylation is 1. The lowest BCUT2D eigenvalue weighted by Crippen LogP contribution is -1.86. The summed E-state index contributed by atoms with van der Waals surface area (Å²) in [5.74, 6) is 0.427. The summed E-state index contributed by atoms with van der Waals surface area (Å²) in [5.41, 5.74) is 8.48. The Morgan fingerprint density at radius 1 is 1.31 bits per heavy atom. The molecule has 4 nitrogen and oxygen atoms in total. The molecule has 0 fully saturated rings. The van der Waals surface area contributed by atoms with Gasteiger partial charge in [-0.15, -0.1) is 0 Å². The first-order valence-corrected chi connectivity index (χ1v) is 3.98. The topological polar surface area (TPSA) is 67.6 Å².